The summed E-state index contributed by atoms with van der Waals surface area (Å²) in [4.78, 5) is 11.8. The zero-order valence-electron chi connectivity index (χ0n) is 10.2. The number of carbonyl (C=O) groups excluding carboxylic acids is 1. The monoisotopic (exact) mass is 282 g/mol. The van der Waals surface area contributed by atoms with E-state index in [9.17, 15) is 4.79 Å². The Bertz CT molecular complexity index is 516. The average Bonchev–Trinajstić information content (AvgIpc) is 2.93. The number of hydrogen-bond donors (Lipinski definition) is 2. The molecule has 1 aromatic heterocycles. The Morgan fingerprint density at radius 3 is 2.95 bits per heavy atom. The molecule has 0 radical (unpaired) electrons. The third kappa shape index (κ3) is 4.01. The molecule has 0 spiro atoms. The summed E-state index contributed by atoms with van der Waals surface area (Å²) in [6.45, 7) is 1.13. The van der Waals surface area contributed by atoms with Crippen LogP contribution in [0.3, 0.4) is 0 Å². The van der Waals surface area contributed by atoms with Crippen molar-refractivity contribution in [2.45, 2.75) is 6.42 Å². The summed E-state index contributed by atoms with van der Waals surface area (Å²) < 4.78 is 1.50. The van der Waals surface area contributed by atoms with Crippen molar-refractivity contribution in [3.63, 3.8) is 0 Å². The third-order valence-corrected chi connectivity index (χ3v) is 2.39. The van der Waals surface area contributed by atoms with Crippen LogP contribution in [0.1, 0.15) is 16.8 Å². The van der Waals surface area contributed by atoms with Crippen molar-refractivity contribution in [3.05, 3.63) is 36.2 Å². The molecule has 0 saturated carbocycles. The quantitative estimate of drug-likeness (QED) is 0.761. The minimum absolute atomic E-state index is 0. The van der Waals surface area contributed by atoms with Crippen LogP contribution in [0.2, 0.25) is 0 Å². The van der Waals surface area contributed by atoms with Crippen molar-refractivity contribution < 1.29 is 4.79 Å². The molecule has 0 bridgehead atoms. The number of nitrogens with zero attached hydrogens (tertiary/aromatic N) is 4. The lowest BCUT2D eigenvalue weighted by atomic mass is 10.2. The van der Waals surface area contributed by atoms with Crippen LogP contribution in [0.15, 0.2) is 30.6 Å². The van der Waals surface area contributed by atoms with E-state index in [0.29, 0.717) is 18.7 Å². The normalized spacial score (nSPS) is 9.74. The van der Waals surface area contributed by atoms with Crippen LogP contribution in [0.4, 0.5) is 0 Å². The lowest BCUT2D eigenvalue weighted by Crippen LogP contribution is -2.26. The first kappa shape index (κ1) is 15.1. The number of nitrogens with two attached hydrogens (primary N) is 1. The summed E-state index contributed by atoms with van der Waals surface area (Å²) in [6, 6.07) is 7.08. The second-order valence-electron chi connectivity index (χ2n) is 3.70. The molecular formula is C11H15ClN6O. The van der Waals surface area contributed by atoms with Gasteiger partial charge in [-0.1, -0.05) is 6.07 Å². The van der Waals surface area contributed by atoms with E-state index >= 15 is 0 Å². The van der Waals surface area contributed by atoms with Gasteiger partial charge in [-0.2, -0.15) is 0 Å². The van der Waals surface area contributed by atoms with Crippen LogP contribution >= 0.6 is 12.4 Å². The van der Waals surface area contributed by atoms with E-state index in [1.807, 2.05) is 6.07 Å². The van der Waals surface area contributed by atoms with Gasteiger partial charge in [-0.3, -0.25) is 4.79 Å². The van der Waals surface area contributed by atoms with Gasteiger partial charge in [0.2, 0.25) is 0 Å². The largest absolute Gasteiger partial charge is 0.352 e. The summed E-state index contributed by atoms with van der Waals surface area (Å²) in [7, 11) is 0. The molecule has 2 rings (SSSR count). The lowest BCUT2D eigenvalue weighted by molar-refractivity contribution is 0.0953. The number of rotatable bonds is 5. The van der Waals surface area contributed by atoms with Crippen molar-refractivity contribution in [2.24, 2.45) is 5.73 Å². The maximum absolute atomic E-state index is 11.8. The van der Waals surface area contributed by atoms with E-state index in [0.717, 1.165) is 12.1 Å². The number of hydrogen-bond acceptors (Lipinski definition) is 5. The predicted molar refractivity (Wildman–Crippen MR) is 72.4 cm³/mol. The maximum Gasteiger partial charge on any atom is 0.251 e. The standard InChI is InChI=1S/C11H14N6O.ClH/c12-5-2-6-13-11(18)9-3-1-4-10(7-9)17-8-14-15-16-17;/h1,3-4,7-8H,2,5-6,12H2,(H,13,18);1H. The highest BCUT2D eigenvalue weighted by Crippen LogP contribution is 2.08. The van der Waals surface area contributed by atoms with E-state index in [2.05, 4.69) is 20.8 Å². The molecule has 8 heteroatoms. The molecule has 0 atom stereocenters. The van der Waals surface area contributed by atoms with Crippen LogP contribution in [0.25, 0.3) is 5.69 Å². The number of benzene rings is 1. The van der Waals surface area contributed by atoms with Gasteiger partial charge in [0.05, 0.1) is 5.69 Å². The topological polar surface area (TPSA) is 98.7 Å². The Balaban J connectivity index is 0.00000180. The molecule has 3 N–H and O–H groups in total. The first-order chi connectivity index (χ1) is 8.81. The van der Waals surface area contributed by atoms with Gasteiger partial charge in [-0.05, 0) is 41.6 Å². The van der Waals surface area contributed by atoms with Crippen molar-refractivity contribution in [3.8, 4) is 5.69 Å². The molecule has 0 aliphatic rings. The van der Waals surface area contributed by atoms with Gasteiger partial charge in [0, 0.05) is 12.1 Å². The molecular weight excluding hydrogens is 268 g/mol. The molecule has 0 aliphatic carbocycles. The highest BCUT2D eigenvalue weighted by Gasteiger charge is 2.06. The Morgan fingerprint density at radius 1 is 1.42 bits per heavy atom. The number of carbonyl (C=O) groups is 1. The van der Waals surface area contributed by atoms with Crippen LogP contribution in [-0.4, -0.2) is 39.2 Å². The molecule has 102 valence electrons. The Hall–Kier alpha value is -1.99. The molecule has 0 unspecified atom stereocenters. The van der Waals surface area contributed by atoms with Gasteiger partial charge in [0.15, 0.2) is 0 Å². The van der Waals surface area contributed by atoms with E-state index < -0.39 is 0 Å². The molecule has 0 saturated heterocycles. The minimum Gasteiger partial charge on any atom is -0.352 e. The average molecular weight is 283 g/mol. The fraction of sp³-hybridized carbons (Fsp3) is 0.273. The number of tetrazole rings is 1. The first-order valence-corrected chi connectivity index (χ1v) is 5.63. The highest BCUT2D eigenvalue weighted by molar-refractivity contribution is 5.94. The lowest BCUT2D eigenvalue weighted by Gasteiger charge is -2.05. The fourth-order valence-electron chi connectivity index (χ4n) is 1.48. The summed E-state index contributed by atoms with van der Waals surface area (Å²) in [5.74, 6) is -0.127. The van der Waals surface area contributed by atoms with Gasteiger partial charge < -0.3 is 11.1 Å². The fourth-order valence-corrected chi connectivity index (χ4v) is 1.48. The maximum atomic E-state index is 11.8. The van der Waals surface area contributed by atoms with Crippen molar-refractivity contribution >= 4 is 18.3 Å². The number of halogens is 1. The molecule has 0 aliphatic heterocycles. The van der Waals surface area contributed by atoms with Gasteiger partial charge in [-0.25, -0.2) is 4.68 Å². The van der Waals surface area contributed by atoms with Crippen LogP contribution in [-0.2, 0) is 0 Å². The summed E-state index contributed by atoms with van der Waals surface area (Å²) in [6.07, 6.45) is 2.24. The number of amides is 1. The Labute approximate surface area is 116 Å². The van der Waals surface area contributed by atoms with Gasteiger partial charge in [0.1, 0.15) is 6.33 Å². The van der Waals surface area contributed by atoms with E-state index in [1.54, 1.807) is 18.2 Å². The third-order valence-electron chi connectivity index (χ3n) is 2.39. The minimum atomic E-state index is -0.127. The molecule has 1 aromatic carbocycles. The van der Waals surface area contributed by atoms with Crippen molar-refractivity contribution in [1.29, 1.82) is 0 Å². The van der Waals surface area contributed by atoms with Gasteiger partial charge in [0.25, 0.3) is 5.91 Å². The zero-order chi connectivity index (χ0) is 12.8. The summed E-state index contributed by atoms with van der Waals surface area (Å²) >= 11 is 0. The molecule has 1 heterocycles. The molecule has 2 aromatic rings. The Morgan fingerprint density at radius 2 is 2.26 bits per heavy atom. The second kappa shape index (κ2) is 7.45. The Kier molecular flexibility index (Phi) is 5.91. The summed E-state index contributed by atoms with van der Waals surface area (Å²) in [5, 5.41) is 13.7. The van der Waals surface area contributed by atoms with Crippen LogP contribution in [0, 0.1) is 0 Å². The second-order valence-corrected chi connectivity index (χ2v) is 3.70. The number of nitrogens with one attached hydrogen (secondary N) is 1. The van der Waals surface area contributed by atoms with E-state index in [-0.39, 0.29) is 18.3 Å². The highest BCUT2D eigenvalue weighted by atomic mass is 35.5. The zero-order valence-corrected chi connectivity index (χ0v) is 11.0. The van der Waals surface area contributed by atoms with Crippen LogP contribution in [0.5, 0.6) is 0 Å². The molecule has 0 fully saturated rings. The molecule has 7 nitrogen and oxygen atoms in total. The molecule has 1 amide bonds. The van der Waals surface area contributed by atoms with Crippen molar-refractivity contribution in [2.75, 3.05) is 13.1 Å². The van der Waals surface area contributed by atoms with E-state index in [4.69, 9.17) is 5.73 Å². The predicted octanol–water partition coefficient (Wildman–Crippen LogP) is 0.163. The molecule has 19 heavy (non-hydrogen) atoms. The smallest absolute Gasteiger partial charge is 0.251 e. The van der Waals surface area contributed by atoms with Gasteiger partial charge >= 0.3 is 0 Å². The summed E-state index contributed by atoms with van der Waals surface area (Å²) in [5.41, 5.74) is 6.68. The van der Waals surface area contributed by atoms with Crippen molar-refractivity contribution in [1.82, 2.24) is 25.5 Å². The number of aromatic nitrogens is 4. The van der Waals surface area contributed by atoms with E-state index in [1.165, 1.54) is 11.0 Å². The first-order valence-electron chi connectivity index (χ1n) is 5.63. The van der Waals surface area contributed by atoms with Gasteiger partial charge in [-0.15, -0.1) is 17.5 Å². The SMILES string of the molecule is Cl.NCCCNC(=O)c1cccc(-n2cnnn2)c1. The van der Waals surface area contributed by atoms with Crippen LogP contribution < -0.4 is 11.1 Å².